The number of likely N-dealkylation sites (tertiary alicyclic amines) is 1. The van der Waals surface area contributed by atoms with Gasteiger partial charge in [0.2, 0.25) is 5.91 Å². The van der Waals surface area contributed by atoms with Gasteiger partial charge in [-0.1, -0.05) is 0 Å². The molecule has 130 valence electrons. The number of ether oxygens (including phenoxy) is 1. The van der Waals surface area contributed by atoms with E-state index in [4.69, 9.17) is 10.5 Å². The van der Waals surface area contributed by atoms with Gasteiger partial charge in [-0.05, 0) is 59.3 Å². The summed E-state index contributed by atoms with van der Waals surface area (Å²) in [5.41, 5.74) is 5.49. The van der Waals surface area contributed by atoms with Crippen LogP contribution in [-0.2, 0) is 9.53 Å². The summed E-state index contributed by atoms with van der Waals surface area (Å²) < 4.78 is 5.29. The number of carbonyl (C=O) groups is 2. The second-order valence-electron chi connectivity index (χ2n) is 8.70. The number of amides is 2. The van der Waals surface area contributed by atoms with Crippen LogP contribution >= 0.6 is 0 Å². The van der Waals surface area contributed by atoms with E-state index in [1.807, 2.05) is 25.7 Å². The zero-order valence-corrected chi connectivity index (χ0v) is 14.5. The molecule has 3 N–H and O–H groups in total. The van der Waals surface area contributed by atoms with E-state index in [0.717, 1.165) is 38.5 Å². The Hall–Kier alpha value is -1.30. The van der Waals surface area contributed by atoms with E-state index in [9.17, 15) is 9.59 Å². The van der Waals surface area contributed by atoms with Crippen LogP contribution in [0.5, 0.6) is 0 Å². The van der Waals surface area contributed by atoms with Gasteiger partial charge in [-0.15, -0.1) is 0 Å². The highest BCUT2D eigenvalue weighted by Gasteiger charge is 2.57. The molecule has 1 saturated heterocycles. The zero-order chi connectivity index (χ0) is 16.9. The lowest BCUT2D eigenvalue weighted by molar-refractivity contribution is -0.140. The molecule has 0 spiro atoms. The molecule has 0 aromatic rings. The largest absolute Gasteiger partial charge is 0.444 e. The summed E-state index contributed by atoms with van der Waals surface area (Å²) in [5.74, 6) is 0.246. The fourth-order valence-corrected chi connectivity index (χ4v) is 4.42. The predicted molar refractivity (Wildman–Crippen MR) is 86.8 cm³/mol. The lowest BCUT2D eigenvalue weighted by Gasteiger charge is -2.30. The molecular weight excluding hydrogens is 294 g/mol. The van der Waals surface area contributed by atoms with Crippen molar-refractivity contribution in [3.05, 3.63) is 0 Å². The maximum Gasteiger partial charge on any atom is 0.407 e. The Morgan fingerprint density at radius 1 is 1.22 bits per heavy atom. The topological polar surface area (TPSA) is 84.7 Å². The van der Waals surface area contributed by atoms with Gasteiger partial charge in [0.1, 0.15) is 5.60 Å². The van der Waals surface area contributed by atoms with Crippen molar-refractivity contribution >= 4 is 12.0 Å². The molecule has 1 heterocycles. The quantitative estimate of drug-likeness (QED) is 0.811. The molecular formula is C17H29N3O3. The molecule has 6 heteroatoms. The van der Waals surface area contributed by atoms with E-state index in [1.54, 1.807) is 0 Å². The first kappa shape index (κ1) is 16.6. The SMILES string of the molecule is CC(C)(C)OC(=O)N[C@H]1CCN(C(=O)C23CCC(N)(CC2)C3)C1. The van der Waals surface area contributed by atoms with Crippen molar-refractivity contribution in [2.24, 2.45) is 11.1 Å². The summed E-state index contributed by atoms with van der Waals surface area (Å²) in [6.45, 7) is 6.82. The normalized spacial score (nSPS) is 36.3. The maximum atomic E-state index is 13.0. The van der Waals surface area contributed by atoms with Gasteiger partial charge in [-0.25, -0.2) is 4.79 Å². The highest BCUT2D eigenvalue weighted by Crippen LogP contribution is 2.56. The first-order valence-corrected chi connectivity index (χ1v) is 8.69. The van der Waals surface area contributed by atoms with Crippen LogP contribution in [0, 0.1) is 5.41 Å². The van der Waals surface area contributed by atoms with E-state index in [1.165, 1.54) is 0 Å². The summed E-state index contributed by atoms with van der Waals surface area (Å²) in [7, 11) is 0. The van der Waals surface area contributed by atoms with Crippen LogP contribution in [0.3, 0.4) is 0 Å². The maximum absolute atomic E-state index is 13.0. The van der Waals surface area contributed by atoms with Crippen molar-refractivity contribution in [1.82, 2.24) is 10.2 Å². The van der Waals surface area contributed by atoms with Gasteiger partial charge in [0.15, 0.2) is 0 Å². The van der Waals surface area contributed by atoms with Gasteiger partial charge >= 0.3 is 6.09 Å². The molecule has 3 rings (SSSR count). The first-order chi connectivity index (χ1) is 10.6. The van der Waals surface area contributed by atoms with Crippen LogP contribution in [-0.4, -0.2) is 47.2 Å². The molecule has 0 unspecified atom stereocenters. The van der Waals surface area contributed by atoms with Crippen LogP contribution < -0.4 is 11.1 Å². The summed E-state index contributed by atoms with van der Waals surface area (Å²) in [6.07, 6.45) is 4.98. The Morgan fingerprint density at radius 3 is 2.39 bits per heavy atom. The highest BCUT2D eigenvalue weighted by molar-refractivity contribution is 5.84. The van der Waals surface area contributed by atoms with Crippen molar-refractivity contribution in [3.63, 3.8) is 0 Å². The van der Waals surface area contributed by atoms with Gasteiger partial charge in [-0.2, -0.15) is 0 Å². The van der Waals surface area contributed by atoms with E-state index in [-0.39, 0.29) is 22.9 Å². The number of hydrogen-bond acceptors (Lipinski definition) is 4. The third kappa shape index (κ3) is 3.32. The van der Waals surface area contributed by atoms with Gasteiger partial charge in [0.25, 0.3) is 0 Å². The molecule has 0 aromatic heterocycles. The molecule has 2 saturated carbocycles. The van der Waals surface area contributed by atoms with Crippen LogP contribution in [0.1, 0.15) is 59.3 Å². The van der Waals surface area contributed by atoms with Crippen molar-refractivity contribution in [2.45, 2.75) is 76.5 Å². The van der Waals surface area contributed by atoms with Crippen LogP contribution in [0.15, 0.2) is 0 Å². The molecule has 0 aromatic carbocycles. The molecule has 3 fully saturated rings. The summed E-state index contributed by atoms with van der Waals surface area (Å²) in [6, 6.07) is -0.0179. The van der Waals surface area contributed by atoms with E-state index < -0.39 is 11.7 Å². The molecule has 23 heavy (non-hydrogen) atoms. The molecule has 2 bridgehead atoms. The molecule has 2 amide bonds. The molecule has 0 radical (unpaired) electrons. The molecule has 6 nitrogen and oxygen atoms in total. The fourth-order valence-electron chi connectivity index (χ4n) is 4.42. The van der Waals surface area contributed by atoms with E-state index >= 15 is 0 Å². The number of rotatable bonds is 2. The predicted octanol–water partition coefficient (Wildman–Crippen LogP) is 1.77. The summed E-state index contributed by atoms with van der Waals surface area (Å²) in [5, 5.41) is 2.88. The number of fused-ring (bicyclic) bond motifs is 2. The molecule has 1 aliphatic heterocycles. The minimum atomic E-state index is -0.505. The van der Waals surface area contributed by atoms with E-state index in [0.29, 0.717) is 13.1 Å². The Balaban J connectivity index is 1.54. The van der Waals surface area contributed by atoms with Crippen molar-refractivity contribution in [2.75, 3.05) is 13.1 Å². The Bertz CT molecular complexity index is 504. The van der Waals surface area contributed by atoms with Gasteiger partial charge in [0.05, 0.1) is 11.5 Å². The third-order valence-corrected chi connectivity index (χ3v) is 5.54. The summed E-state index contributed by atoms with van der Waals surface area (Å²) in [4.78, 5) is 26.7. The van der Waals surface area contributed by atoms with E-state index in [2.05, 4.69) is 5.32 Å². The van der Waals surface area contributed by atoms with Crippen LogP contribution in [0.2, 0.25) is 0 Å². The third-order valence-electron chi connectivity index (χ3n) is 5.54. The lowest BCUT2D eigenvalue weighted by Crippen LogP contribution is -2.44. The average molecular weight is 323 g/mol. The minimum Gasteiger partial charge on any atom is -0.444 e. The Morgan fingerprint density at radius 2 is 1.87 bits per heavy atom. The summed E-state index contributed by atoms with van der Waals surface area (Å²) >= 11 is 0. The molecule has 1 atom stereocenters. The first-order valence-electron chi connectivity index (χ1n) is 8.69. The van der Waals surface area contributed by atoms with Crippen molar-refractivity contribution in [1.29, 1.82) is 0 Å². The van der Waals surface area contributed by atoms with Gasteiger partial charge < -0.3 is 20.7 Å². The zero-order valence-electron chi connectivity index (χ0n) is 14.5. The monoisotopic (exact) mass is 323 g/mol. The van der Waals surface area contributed by atoms with Crippen molar-refractivity contribution < 1.29 is 14.3 Å². The second-order valence-corrected chi connectivity index (χ2v) is 8.70. The number of nitrogens with zero attached hydrogens (tertiary/aromatic N) is 1. The number of nitrogens with one attached hydrogen (secondary N) is 1. The molecule has 2 aliphatic carbocycles. The number of hydrogen-bond donors (Lipinski definition) is 2. The average Bonchev–Trinajstić information content (AvgIpc) is 3.08. The standard InChI is InChI=1S/C17H29N3O3/c1-15(2,3)23-14(22)19-12-4-9-20(10-12)13(21)16-5-7-17(18,11-16)8-6-16/h12H,4-11,18H2,1-3H3,(H,19,22)/t12-,16?,17?/m0/s1. The van der Waals surface area contributed by atoms with Gasteiger partial charge in [-0.3, -0.25) is 4.79 Å². The fraction of sp³-hybridized carbons (Fsp3) is 0.882. The number of carbonyl (C=O) groups excluding carboxylic acids is 2. The smallest absolute Gasteiger partial charge is 0.407 e. The lowest BCUT2D eigenvalue weighted by atomic mass is 9.82. The van der Waals surface area contributed by atoms with Crippen molar-refractivity contribution in [3.8, 4) is 0 Å². The second kappa shape index (κ2) is 5.36. The highest BCUT2D eigenvalue weighted by atomic mass is 16.6. The number of nitrogens with two attached hydrogens (primary N) is 1. The van der Waals surface area contributed by atoms with Crippen LogP contribution in [0.4, 0.5) is 4.79 Å². The van der Waals surface area contributed by atoms with Crippen LogP contribution in [0.25, 0.3) is 0 Å². The Kier molecular flexibility index (Phi) is 3.86. The minimum absolute atomic E-state index is 0.0179. The van der Waals surface area contributed by atoms with Gasteiger partial charge in [0, 0.05) is 18.6 Å². The molecule has 3 aliphatic rings. The Labute approximate surface area is 138 Å². The number of alkyl carbamates (subject to hydrolysis) is 1.